The maximum Gasteiger partial charge on any atom is 0.147 e. The predicted molar refractivity (Wildman–Crippen MR) is 64.9 cm³/mol. The van der Waals surface area contributed by atoms with Gasteiger partial charge in [0, 0.05) is 37.1 Å². The third kappa shape index (κ3) is 1.88. The van der Waals surface area contributed by atoms with Crippen LogP contribution in [0.3, 0.4) is 0 Å². The molecule has 1 aliphatic rings. The molecule has 17 heavy (non-hydrogen) atoms. The molecule has 0 amide bonds. The summed E-state index contributed by atoms with van der Waals surface area (Å²) in [6, 6.07) is 0. The fraction of sp³-hybridized carbons (Fsp3) is 0.417. The standard InChI is InChI=1S/C12H15N5/c1-9-6-15-16-12(9)10-2-5-17(8-10)11-7-13-3-4-14-11/h3-4,6-7,10H,2,5,8H2,1H3,(H,15,16). The molecule has 0 aliphatic carbocycles. The number of anilines is 1. The topological polar surface area (TPSA) is 57.7 Å². The van der Waals surface area contributed by atoms with Gasteiger partial charge >= 0.3 is 0 Å². The first-order chi connectivity index (χ1) is 8.34. The first kappa shape index (κ1) is 10.3. The average molecular weight is 229 g/mol. The van der Waals surface area contributed by atoms with Crippen LogP contribution < -0.4 is 4.90 Å². The second kappa shape index (κ2) is 4.16. The van der Waals surface area contributed by atoms with E-state index in [4.69, 9.17) is 0 Å². The highest BCUT2D eigenvalue weighted by atomic mass is 15.2. The summed E-state index contributed by atoms with van der Waals surface area (Å²) >= 11 is 0. The number of H-pyrrole nitrogens is 1. The minimum Gasteiger partial charge on any atom is -0.355 e. The Balaban J connectivity index is 1.77. The Bertz CT molecular complexity index is 493. The van der Waals surface area contributed by atoms with Crippen molar-refractivity contribution < 1.29 is 0 Å². The van der Waals surface area contributed by atoms with Gasteiger partial charge in [0.2, 0.25) is 0 Å². The highest BCUT2D eigenvalue weighted by Crippen LogP contribution is 2.29. The van der Waals surface area contributed by atoms with Gasteiger partial charge in [-0.3, -0.25) is 10.1 Å². The van der Waals surface area contributed by atoms with Gasteiger partial charge in [-0.2, -0.15) is 5.10 Å². The fourth-order valence-corrected chi connectivity index (χ4v) is 2.43. The number of hydrogen-bond acceptors (Lipinski definition) is 4. The van der Waals surface area contributed by atoms with Crippen molar-refractivity contribution in [3.63, 3.8) is 0 Å². The predicted octanol–water partition coefficient (Wildman–Crippen LogP) is 1.50. The maximum absolute atomic E-state index is 4.34. The van der Waals surface area contributed by atoms with Crippen LogP contribution in [0.4, 0.5) is 5.82 Å². The van der Waals surface area contributed by atoms with E-state index in [0.29, 0.717) is 5.92 Å². The third-order valence-corrected chi connectivity index (χ3v) is 3.34. The normalized spacial score (nSPS) is 19.8. The molecule has 1 N–H and O–H groups in total. The number of rotatable bonds is 2. The average Bonchev–Trinajstić information content (AvgIpc) is 2.98. The molecule has 0 bridgehead atoms. The van der Waals surface area contributed by atoms with Crippen LogP contribution in [0.25, 0.3) is 0 Å². The Kier molecular flexibility index (Phi) is 2.51. The van der Waals surface area contributed by atoms with E-state index in [9.17, 15) is 0 Å². The molecule has 88 valence electrons. The molecule has 5 nitrogen and oxygen atoms in total. The Labute approximate surface area is 99.9 Å². The Hall–Kier alpha value is -1.91. The van der Waals surface area contributed by atoms with E-state index in [1.165, 1.54) is 11.3 Å². The summed E-state index contributed by atoms with van der Waals surface area (Å²) in [4.78, 5) is 10.7. The van der Waals surface area contributed by atoms with E-state index >= 15 is 0 Å². The van der Waals surface area contributed by atoms with Gasteiger partial charge in [0.15, 0.2) is 0 Å². The molecule has 0 radical (unpaired) electrons. The zero-order valence-electron chi connectivity index (χ0n) is 9.80. The summed E-state index contributed by atoms with van der Waals surface area (Å²) in [5.41, 5.74) is 2.51. The quantitative estimate of drug-likeness (QED) is 0.848. The lowest BCUT2D eigenvalue weighted by Crippen LogP contribution is -2.20. The van der Waals surface area contributed by atoms with Crippen LogP contribution in [0.5, 0.6) is 0 Å². The smallest absolute Gasteiger partial charge is 0.147 e. The maximum atomic E-state index is 4.34. The number of hydrogen-bond donors (Lipinski definition) is 1. The molecular weight excluding hydrogens is 214 g/mol. The molecule has 1 saturated heterocycles. The van der Waals surface area contributed by atoms with E-state index < -0.39 is 0 Å². The molecule has 1 aliphatic heterocycles. The lowest BCUT2D eigenvalue weighted by atomic mass is 10.0. The number of nitrogens with one attached hydrogen (secondary N) is 1. The van der Waals surface area contributed by atoms with Crippen molar-refractivity contribution in [3.05, 3.63) is 36.0 Å². The molecule has 3 heterocycles. The van der Waals surface area contributed by atoms with Crippen molar-refractivity contribution in [2.45, 2.75) is 19.3 Å². The van der Waals surface area contributed by atoms with Gasteiger partial charge in [-0.25, -0.2) is 4.98 Å². The van der Waals surface area contributed by atoms with Crippen molar-refractivity contribution in [3.8, 4) is 0 Å². The molecule has 0 spiro atoms. The SMILES string of the molecule is Cc1cn[nH]c1C1CCN(c2cnccn2)C1. The molecule has 1 fully saturated rings. The minimum absolute atomic E-state index is 0.527. The van der Waals surface area contributed by atoms with Crippen molar-refractivity contribution in [1.82, 2.24) is 20.2 Å². The lowest BCUT2D eigenvalue weighted by Gasteiger charge is -2.16. The summed E-state index contributed by atoms with van der Waals surface area (Å²) in [6.45, 7) is 4.12. The second-order valence-corrected chi connectivity index (χ2v) is 4.46. The number of nitrogens with zero attached hydrogens (tertiary/aromatic N) is 4. The number of aryl methyl sites for hydroxylation is 1. The van der Waals surface area contributed by atoms with Gasteiger partial charge in [0.05, 0.1) is 12.4 Å². The molecule has 1 unspecified atom stereocenters. The van der Waals surface area contributed by atoms with Gasteiger partial charge < -0.3 is 4.90 Å². The van der Waals surface area contributed by atoms with Crippen LogP contribution in [0, 0.1) is 6.92 Å². The summed E-state index contributed by atoms with van der Waals surface area (Å²) in [7, 11) is 0. The molecule has 3 rings (SSSR count). The van der Waals surface area contributed by atoms with Crippen molar-refractivity contribution in [1.29, 1.82) is 0 Å². The zero-order chi connectivity index (χ0) is 11.7. The summed E-state index contributed by atoms with van der Waals surface area (Å²) in [6.07, 6.45) is 8.29. The van der Waals surface area contributed by atoms with Gasteiger partial charge in [0.25, 0.3) is 0 Å². The number of aromatic nitrogens is 4. The van der Waals surface area contributed by atoms with E-state index in [1.54, 1.807) is 12.4 Å². The van der Waals surface area contributed by atoms with Crippen LogP contribution in [0.1, 0.15) is 23.6 Å². The Morgan fingerprint density at radius 1 is 1.35 bits per heavy atom. The van der Waals surface area contributed by atoms with E-state index in [-0.39, 0.29) is 0 Å². The fourth-order valence-electron chi connectivity index (χ4n) is 2.43. The van der Waals surface area contributed by atoms with Gasteiger partial charge in [0.1, 0.15) is 5.82 Å². The lowest BCUT2D eigenvalue weighted by molar-refractivity contribution is 0.732. The van der Waals surface area contributed by atoms with Gasteiger partial charge in [-0.05, 0) is 18.9 Å². The summed E-state index contributed by atoms with van der Waals surface area (Å²) in [5.74, 6) is 1.49. The Morgan fingerprint density at radius 3 is 3.00 bits per heavy atom. The number of aromatic amines is 1. The monoisotopic (exact) mass is 229 g/mol. The van der Waals surface area contributed by atoms with E-state index in [0.717, 1.165) is 25.3 Å². The largest absolute Gasteiger partial charge is 0.355 e. The molecule has 1 atom stereocenters. The highest BCUT2D eigenvalue weighted by Gasteiger charge is 2.26. The van der Waals surface area contributed by atoms with Crippen LogP contribution in [-0.2, 0) is 0 Å². The zero-order valence-corrected chi connectivity index (χ0v) is 9.80. The molecule has 0 aromatic carbocycles. The van der Waals surface area contributed by atoms with Crippen LogP contribution in [-0.4, -0.2) is 33.3 Å². The second-order valence-electron chi connectivity index (χ2n) is 4.46. The Morgan fingerprint density at radius 2 is 2.29 bits per heavy atom. The molecule has 5 heteroatoms. The highest BCUT2D eigenvalue weighted by molar-refractivity contribution is 5.38. The minimum atomic E-state index is 0.527. The van der Waals surface area contributed by atoms with Gasteiger partial charge in [-0.1, -0.05) is 0 Å². The van der Waals surface area contributed by atoms with Gasteiger partial charge in [-0.15, -0.1) is 0 Å². The third-order valence-electron chi connectivity index (χ3n) is 3.34. The molecule has 0 saturated carbocycles. The van der Waals surface area contributed by atoms with E-state index in [2.05, 4.69) is 32.0 Å². The van der Waals surface area contributed by atoms with Crippen LogP contribution in [0.2, 0.25) is 0 Å². The summed E-state index contributed by atoms with van der Waals surface area (Å²) in [5, 5.41) is 7.20. The van der Waals surface area contributed by atoms with E-state index in [1.807, 2.05) is 12.4 Å². The molecular formula is C12H15N5. The van der Waals surface area contributed by atoms with Crippen LogP contribution >= 0.6 is 0 Å². The van der Waals surface area contributed by atoms with Crippen LogP contribution in [0.15, 0.2) is 24.8 Å². The van der Waals surface area contributed by atoms with Crippen molar-refractivity contribution >= 4 is 5.82 Å². The van der Waals surface area contributed by atoms with Crippen molar-refractivity contribution in [2.75, 3.05) is 18.0 Å². The molecule has 2 aromatic heterocycles. The first-order valence-corrected chi connectivity index (χ1v) is 5.85. The first-order valence-electron chi connectivity index (χ1n) is 5.85. The van der Waals surface area contributed by atoms with Crippen molar-refractivity contribution in [2.24, 2.45) is 0 Å². The molecule has 2 aromatic rings. The summed E-state index contributed by atoms with van der Waals surface area (Å²) < 4.78 is 0.